The molecule has 2 amide bonds. The molecule has 1 aliphatic heterocycles. The summed E-state index contributed by atoms with van der Waals surface area (Å²) >= 11 is 3.84. The fourth-order valence-corrected chi connectivity index (χ4v) is 4.95. The molecule has 126 valence electrons. The summed E-state index contributed by atoms with van der Waals surface area (Å²) in [7, 11) is 0. The van der Waals surface area contributed by atoms with E-state index in [0.29, 0.717) is 4.58 Å². The number of amides is 2. The summed E-state index contributed by atoms with van der Waals surface area (Å²) in [6, 6.07) is 7.28. The Morgan fingerprint density at radius 2 is 2.00 bits per heavy atom. The van der Waals surface area contributed by atoms with Crippen molar-refractivity contribution in [2.45, 2.75) is 24.5 Å². The number of carbonyl (C=O) groups is 2. The maximum atomic E-state index is 12.0. The van der Waals surface area contributed by atoms with Gasteiger partial charge in [-0.05, 0) is 23.6 Å². The fourth-order valence-electron chi connectivity index (χ4n) is 2.11. The Morgan fingerprint density at radius 3 is 2.65 bits per heavy atom. The van der Waals surface area contributed by atoms with Crippen LogP contribution in [0.2, 0.25) is 0 Å². The third-order valence-corrected chi connectivity index (χ3v) is 6.61. The topological polar surface area (TPSA) is 84.2 Å². The molecule has 1 atom stereocenters. The van der Waals surface area contributed by atoms with Crippen molar-refractivity contribution in [1.82, 2.24) is 5.32 Å². The van der Waals surface area contributed by atoms with Crippen molar-refractivity contribution in [1.29, 1.82) is 0 Å². The summed E-state index contributed by atoms with van der Waals surface area (Å²) in [5.74, 6) is 1.80. The number of carbonyl (C=O) groups excluding carboxylic acids is 2. The number of rotatable bonds is 6. The minimum Gasteiger partial charge on any atom is -0.346 e. The monoisotopic (exact) mass is 353 g/mol. The second kappa shape index (κ2) is 8.61. The zero-order chi connectivity index (χ0) is 16.8. The number of thioether (sulfide) groups is 2. The van der Waals surface area contributed by atoms with E-state index < -0.39 is 6.04 Å². The average Bonchev–Trinajstić information content (AvgIpc) is 3.06. The van der Waals surface area contributed by atoms with Crippen molar-refractivity contribution < 1.29 is 9.59 Å². The van der Waals surface area contributed by atoms with Gasteiger partial charge in [0, 0.05) is 17.2 Å². The number of benzene rings is 1. The molecule has 23 heavy (non-hydrogen) atoms. The molecule has 1 aromatic carbocycles. The van der Waals surface area contributed by atoms with Gasteiger partial charge in [-0.1, -0.05) is 26.0 Å². The van der Waals surface area contributed by atoms with E-state index in [-0.39, 0.29) is 24.3 Å². The van der Waals surface area contributed by atoms with Crippen LogP contribution >= 0.6 is 23.5 Å². The second-order valence-corrected chi connectivity index (χ2v) is 8.46. The molecule has 0 aliphatic carbocycles. The van der Waals surface area contributed by atoms with Crippen LogP contribution in [0.5, 0.6) is 0 Å². The lowest BCUT2D eigenvalue weighted by molar-refractivity contribution is -0.125. The van der Waals surface area contributed by atoms with Gasteiger partial charge in [0.2, 0.25) is 11.8 Å². The molecule has 1 fully saturated rings. The van der Waals surface area contributed by atoms with Gasteiger partial charge in [0.25, 0.3) is 0 Å². The van der Waals surface area contributed by atoms with Crippen LogP contribution in [0.15, 0.2) is 24.3 Å². The van der Waals surface area contributed by atoms with Gasteiger partial charge < -0.3 is 16.4 Å². The van der Waals surface area contributed by atoms with Crippen LogP contribution in [0.1, 0.15) is 24.0 Å². The number of hydrogen-bond donors (Lipinski definition) is 3. The Balaban J connectivity index is 1.85. The highest BCUT2D eigenvalue weighted by Crippen LogP contribution is 2.45. The summed E-state index contributed by atoms with van der Waals surface area (Å²) in [4.78, 5) is 23.7. The molecule has 0 radical (unpaired) electrons. The van der Waals surface area contributed by atoms with Crippen molar-refractivity contribution in [2.75, 3.05) is 23.4 Å². The molecular weight excluding hydrogens is 330 g/mol. The zero-order valence-electron chi connectivity index (χ0n) is 13.4. The summed E-state index contributed by atoms with van der Waals surface area (Å²) in [5.41, 5.74) is 7.70. The van der Waals surface area contributed by atoms with E-state index in [0.717, 1.165) is 17.2 Å². The molecule has 1 heterocycles. The maximum absolute atomic E-state index is 12.0. The highest BCUT2D eigenvalue weighted by molar-refractivity contribution is 8.19. The van der Waals surface area contributed by atoms with Crippen LogP contribution in [0.3, 0.4) is 0 Å². The van der Waals surface area contributed by atoms with Gasteiger partial charge in [-0.3, -0.25) is 9.59 Å². The Kier molecular flexibility index (Phi) is 6.80. The summed E-state index contributed by atoms with van der Waals surface area (Å²) < 4.78 is 0.440. The Bertz CT molecular complexity index is 560. The molecule has 0 bridgehead atoms. The van der Waals surface area contributed by atoms with Gasteiger partial charge in [-0.2, -0.15) is 0 Å². The first kappa shape index (κ1) is 18.2. The molecule has 1 aliphatic rings. The van der Waals surface area contributed by atoms with Crippen LogP contribution in [0.4, 0.5) is 5.69 Å². The van der Waals surface area contributed by atoms with Gasteiger partial charge in [0.15, 0.2) is 0 Å². The molecule has 7 heteroatoms. The third kappa shape index (κ3) is 5.44. The molecule has 0 saturated carbocycles. The van der Waals surface area contributed by atoms with Gasteiger partial charge in [-0.25, -0.2) is 0 Å². The summed E-state index contributed by atoms with van der Waals surface area (Å²) in [6.45, 7) is 3.67. The SMILES string of the molecule is CC(C)[C@H](N)C(=O)NCC(=O)Nc1cccc(C2SCCS2)c1. The number of anilines is 1. The number of nitrogens with two attached hydrogens (primary N) is 1. The highest BCUT2D eigenvalue weighted by atomic mass is 32.2. The first-order valence-corrected chi connectivity index (χ1v) is 9.73. The van der Waals surface area contributed by atoms with E-state index in [1.165, 1.54) is 5.56 Å². The minimum absolute atomic E-state index is 0.0381. The number of hydrogen-bond acceptors (Lipinski definition) is 5. The van der Waals surface area contributed by atoms with Crippen molar-refractivity contribution >= 4 is 41.0 Å². The molecule has 0 aromatic heterocycles. The van der Waals surface area contributed by atoms with Gasteiger partial charge in [0.05, 0.1) is 17.2 Å². The first-order valence-electron chi connectivity index (χ1n) is 7.63. The Morgan fingerprint density at radius 1 is 1.30 bits per heavy atom. The maximum Gasteiger partial charge on any atom is 0.243 e. The van der Waals surface area contributed by atoms with E-state index in [9.17, 15) is 9.59 Å². The Labute approximate surface area is 145 Å². The molecule has 4 N–H and O–H groups in total. The summed E-state index contributed by atoms with van der Waals surface area (Å²) in [5, 5.41) is 5.39. The van der Waals surface area contributed by atoms with Crippen molar-refractivity contribution in [2.24, 2.45) is 11.7 Å². The molecule has 5 nitrogen and oxygen atoms in total. The smallest absolute Gasteiger partial charge is 0.243 e. The quantitative estimate of drug-likeness (QED) is 0.730. The Hall–Kier alpha value is -1.18. The predicted molar refractivity (Wildman–Crippen MR) is 98.6 cm³/mol. The van der Waals surface area contributed by atoms with Crippen molar-refractivity contribution in [3.63, 3.8) is 0 Å². The largest absolute Gasteiger partial charge is 0.346 e. The molecule has 2 rings (SSSR count). The van der Waals surface area contributed by atoms with Crippen molar-refractivity contribution in [3.05, 3.63) is 29.8 Å². The molecule has 1 aromatic rings. The normalized spacial score (nSPS) is 16.3. The molecular formula is C16H23N3O2S2. The van der Waals surface area contributed by atoms with Crippen LogP contribution < -0.4 is 16.4 Å². The molecule has 0 unspecified atom stereocenters. The lowest BCUT2D eigenvalue weighted by Crippen LogP contribution is -2.46. The van der Waals surface area contributed by atoms with Crippen molar-refractivity contribution in [3.8, 4) is 0 Å². The van der Waals surface area contributed by atoms with E-state index in [1.54, 1.807) is 0 Å². The van der Waals surface area contributed by atoms with Gasteiger partial charge in [0.1, 0.15) is 0 Å². The van der Waals surface area contributed by atoms with E-state index in [2.05, 4.69) is 16.7 Å². The van der Waals surface area contributed by atoms with E-state index in [4.69, 9.17) is 5.73 Å². The zero-order valence-corrected chi connectivity index (χ0v) is 15.0. The van der Waals surface area contributed by atoms with E-state index in [1.807, 2.05) is 55.6 Å². The van der Waals surface area contributed by atoms with Crippen LogP contribution in [0, 0.1) is 5.92 Å². The number of nitrogens with one attached hydrogen (secondary N) is 2. The second-order valence-electron chi connectivity index (χ2n) is 5.73. The molecule has 1 saturated heterocycles. The standard InChI is InChI=1S/C16H23N3O2S2/c1-10(2)14(17)15(21)18-9-13(20)19-12-5-3-4-11(8-12)16-22-6-7-23-16/h3-5,8,10,14,16H,6-7,9,17H2,1-2H3,(H,18,21)(H,19,20)/t14-/m0/s1. The van der Waals surface area contributed by atoms with Crippen LogP contribution in [0.25, 0.3) is 0 Å². The average molecular weight is 354 g/mol. The van der Waals surface area contributed by atoms with Crippen LogP contribution in [-0.2, 0) is 9.59 Å². The summed E-state index contributed by atoms with van der Waals surface area (Å²) in [6.07, 6.45) is 0. The highest BCUT2D eigenvalue weighted by Gasteiger charge is 2.19. The van der Waals surface area contributed by atoms with Crippen LogP contribution in [-0.4, -0.2) is 35.9 Å². The lowest BCUT2D eigenvalue weighted by Gasteiger charge is -2.15. The molecule has 0 spiro atoms. The van der Waals surface area contributed by atoms with E-state index >= 15 is 0 Å². The predicted octanol–water partition coefficient (Wildman–Crippen LogP) is 2.20. The first-order chi connectivity index (χ1) is 11.0. The van der Waals surface area contributed by atoms with Gasteiger partial charge in [-0.15, -0.1) is 23.5 Å². The fraction of sp³-hybridized carbons (Fsp3) is 0.500. The lowest BCUT2D eigenvalue weighted by atomic mass is 10.1. The van der Waals surface area contributed by atoms with Gasteiger partial charge >= 0.3 is 0 Å². The third-order valence-electron chi connectivity index (χ3n) is 3.51. The minimum atomic E-state index is -0.595.